The van der Waals surface area contributed by atoms with Crippen molar-refractivity contribution in [3.05, 3.63) is 114 Å². The highest BCUT2D eigenvalue weighted by molar-refractivity contribution is 5.94. The summed E-state index contributed by atoms with van der Waals surface area (Å²) in [5.74, 6) is 1.39. The van der Waals surface area contributed by atoms with E-state index in [1.165, 1.54) is 11.1 Å². The number of hydrogen-bond acceptors (Lipinski definition) is 4. The highest BCUT2D eigenvalue weighted by atomic mass is 16.5. The summed E-state index contributed by atoms with van der Waals surface area (Å²) in [5, 5.41) is 0. The van der Waals surface area contributed by atoms with Gasteiger partial charge in [-0.2, -0.15) is 0 Å². The summed E-state index contributed by atoms with van der Waals surface area (Å²) in [6.45, 7) is 3.62. The van der Waals surface area contributed by atoms with Gasteiger partial charge in [0.05, 0.1) is 13.7 Å². The average molecular weight is 427 g/mol. The molecule has 0 saturated heterocycles. The lowest BCUT2D eigenvalue weighted by atomic mass is 10.1. The maximum atomic E-state index is 13.5. The number of hydrogen-bond donors (Lipinski definition) is 0. The lowest BCUT2D eigenvalue weighted by Gasteiger charge is -2.23. The maximum absolute atomic E-state index is 13.5. The van der Waals surface area contributed by atoms with E-state index in [-0.39, 0.29) is 5.91 Å². The minimum Gasteiger partial charge on any atom is -0.497 e. The first-order valence-corrected chi connectivity index (χ1v) is 10.5. The predicted octanol–water partition coefficient (Wildman–Crippen LogP) is 4.49. The van der Waals surface area contributed by atoms with Crippen molar-refractivity contribution in [2.24, 2.45) is 0 Å². The third-order valence-electron chi connectivity index (χ3n) is 5.44. The first-order chi connectivity index (χ1) is 15.6. The molecule has 2 heterocycles. The van der Waals surface area contributed by atoms with Crippen LogP contribution < -0.4 is 4.74 Å². The Morgan fingerprint density at radius 3 is 2.69 bits per heavy atom. The van der Waals surface area contributed by atoms with Crippen LogP contribution in [0.3, 0.4) is 0 Å². The van der Waals surface area contributed by atoms with Crippen molar-refractivity contribution in [1.82, 2.24) is 19.4 Å². The first kappa shape index (κ1) is 21.3. The van der Waals surface area contributed by atoms with E-state index in [0.717, 1.165) is 11.4 Å². The molecule has 0 aliphatic heterocycles. The van der Waals surface area contributed by atoms with Crippen LogP contribution in [0.5, 0.6) is 5.75 Å². The van der Waals surface area contributed by atoms with Gasteiger partial charge in [0.15, 0.2) is 0 Å². The fourth-order valence-electron chi connectivity index (χ4n) is 3.63. The van der Waals surface area contributed by atoms with Gasteiger partial charge in [-0.15, -0.1) is 0 Å². The molecule has 2 aromatic carbocycles. The van der Waals surface area contributed by atoms with Crippen LogP contribution in [0, 0.1) is 6.92 Å². The SMILES string of the molecule is COc1cccc(C(=O)N(Cc2cccnc2)Cc2nccn2Cc2ccccc2C)c1. The zero-order chi connectivity index (χ0) is 22.3. The standard InChI is InChI=1S/C26H26N4O2/c1-20-7-3-4-9-23(20)18-29-14-13-28-25(29)19-30(17-21-8-6-12-27-16-21)26(31)22-10-5-11-24(15-22)32-2/h3-16H,17-19H2,1-2H3. The molecule has 4 aromatic rings. The largest absolute Gasteiger partial charge is 0.497 e. The molecular weight excluding hydrogens is 400 g/mol. The molecule has 0 atom stereocenters. The number of nitrogens with zero attached hydrogens (tertiary/aromatic N) is 4. The smallest absolute Gasteiger partial charge is 0.254 e. The van der Waals surface area contributed by atoms with Gasteiger partial charge in [0.2, 0.25) is 0 Å². The Balaban J connectivity index is 1.62. The summed E-state index contributed by atoms with van der Waals surface area (Å²) in [6, 6.07) is 19.4. The van der Waals surface area contributed by atoms with E-state index >= 15 is 0 Å². The Labute approximate surface area is 188 Å². The number of aromatic nitrogens is 3. The van der Waals surface area contributed by atoms with Crippen molar-refractivity contribution in [3.8, 4) is 5.75 Å². The number of methoxy groups -OCH3 is 1. The molecule has 0 unspecified atom stereocenters. The van der Waals surface area contributed by atoms with Crippen LogP contribution in [0.4, 0.5) is 0 Å². The van der Waals surface area contributed by atoms with Gasteiger partial charge in [0.25, 0.3) is 5.91 Å². The molecule has 162 valence electrons. The van der Waals surface area contributed by atoms with Crippen molar-refractivity contribution in [2.75, 3.05) is 7.11 Å². The molecule has 6 nitrogen and oxygen atoms in total. The quantitative estimate of drug-likeness (QED) is 0.417. The Bertz CT molecular complexity index is 1190. The summed E-state index contributed by atoms with van der Waals surface area (Å²) in [7, 11) is 1.60. The van der Waals surface area contributed by atoms with Gasteiger partial charge < -0.3 is 14.2 Å². The predicted molar refractivity (Wildman–Crippen MR) is 123 cm³/mol. The second-order valence-corrected chi connectivity index (χ2v) is 7.65. The fraction of sp³-hybridized carbons (Fsp3) is 0.192. The molecule has 0 aliphatic rings. The van der Waals surface area contributed by atoms with E-state index in [0.29, 0.717) is 30.9 Å². The third-order valence-corrected chi connectivity index (χ3v) is 5.44. The maximum Gasteiger partial charge on any atom is 0.254 e. The Hall–Kier alpha value is -3.93. The van der Waals surface area contributed by atoms with Crippen LogP contribution in [0.25, 0.3) is 0 Å². The molecule has 0 spiro atoms. The van der Waals surface area contributed by atoms with Crippen LogP contribution in [0.2, 0.25) is 0 Å². The second-order valence-electron chi connectivity index (χ2n) is 7.65. The van der Waals surface area contributed by atoms with Gasteiger partial charge in [-0.25, -0.2) is 4.98 Å². The molecule has 0 N–H and O–H groups in total. The minimum atomic E-state index is -0.0850. The van der Waals surface area contributed by atoms with Crippen LogP contribution in [0.15, 0.2) is 85.5 Å². The number of benzene rings is 2. The fourth-order valence-corrected chi connectivity index (χ4v) is 3.63. The minimum absolute atomic E-state index is 0.0850. The average Bonchev–Trinajstić information content (AvgIpc) is 3.27. The Morgan fingerprint density at radius 1 is 1.03 bits per heavy atom. The molecule has 0 radical (unpaired) electrons. The molecule has 1 amide bonds. The normalized spacial score (nSPS) is 10.7. The van der Waals surface area contributed by atoms with Gasteiger partial charge >= 0.3 is 0 Å². The van der Waals surface area contributed by atoms with E-state index in [4.69, 9.17) is 4.74 Å². The molecule has 0 fully saturated rings. The number of pyridine rings is 1. The number of aryl methyl sites for hydroxylation is 1. The molecule has 0 aliphatic carbocycles. The zero-order valence-corrected chi connectivity index (χ0v) is 18.3. The summed E-state index contributed by atoms with van der Waals surface area (Å²) in [6.07, 6.45) is 7.25. The second kappa shape index (κ2) is 9.92. The summed E-state index contributed by atoms with van der Waals surface area (Å²) >= 11 is 0. The summed E-state index contributed by atoms with van der Waals surface area (Å²) < 4.78 is 7.40. The number of carbonyl (C=O) groups is 1. The number of amides is 1. The van der Waals surface area contributed by atoms with Gasteiger partial charge in [0, 0.05) is 43.4 Å². The molecule has 2 aromatic heterocycles. The van der Waals surface area contributed by atoms with Crippen molar-refractivity contribution < 1.29 is 9.53 Å². The van der Waals surface area contributed by atoms with Gasteiger partial charge in [-0.05, 0) is 47.9 Å². The molecule has 0 saturated carbocycles. The van der Waals surface area contributed by atoms with Crippen LogP contribution in [-0.2, 0) is 19.6 Å². The van der Waals surface area contributed by atoms with Crippen molar-refractivity contribution in [2.45, 2.75) is 26.6 Å². The molecular formula is C26H26N4O2. The van der Waals surface area contributed by atoms with E-state index in [2.05, 4.69) is 33.6 Å². The van der Waals surface area contributed by atoms with Crippen LogP contribution >= 0.6 is 0 Å². The van der Waals surface area contributed by atoms with Crippen molar-refractivity contribution >= 4 is 5.91 Å². The molecule has 4 rings (SSSR count). The van der Waals surface area contributed by atoms with Crippen molar-refractivity contribution in [1.29, 1.82) is 0 Å². The Kier molecular flexibility index (Phi) is 6.60. The zero-order valence-electron chi connectivity index (χ0n) is 18.3. The molecule has 6 heteroatoms. The third kappa shape index (κ3) is 5.03. The van der Waals surface area contributed by atoms with E-state index in [1.54, 1.807) is 42.7 Å². The lowest BCUT2D eigenvalue weighted by molar-refractivity contribution is 0.0723. The number of rotatable bonds is 8. The highest BCUT2D eigenvalue weighted by Gasteiger charge is 2.20. The van der Waals surface area contributed by atoms with Gasteiger partial charge in [-0.1, -0.05) is 36.4 Å². The summed E-state index contributed by atoms with van der Waals surface area (Å²) in [5.41, 5.74) is 3.99. The van der Waals surface area contributed by atoms with Crippen molar-refractivity contribution in [3.63, 3.8) is 0 Å². The van der Waals surface area contributed by atoms with E-state index in [9.17, 15) is 4.79 Å². The van der Waals surface area contributed by atoms with E-state index < -0.39 is 0 Å². The van der Waals surface area contributed by atoms with Crippen LogP contribution in [0.1, 0.15) is 32.9 Å². The highest BCUT2D eigenvalue weighted by Crippen LogP contribution is 2.18. The molecule has 0 bridgehead atoms. The number of ether oxygens (including phenoxy) is 1. The molecule has 32 heavy (non-hydrogen) atoms. The van der Waals surface area contributed by atoms with Gasteiger partial charge in [-0.3, -0.25) is 9.78 Å². The van der Waals surface area contributed by atoms with E-state index in [1.807, 2.05) is 42.6 Å². The lowest BCUT2D eigenvalue weighted by Crippen LogP contribution is -2.31. The monoisotopic (exact) mass is 426 g/mol. The van der Waals surface area contributed by atoms with Crippen LogP contribution in [-0.4, -0.2) is 32.5 Å². The first-order valence-electron chi connectivity index (χ1n) is 10.5. The summed E-state index contributed by atoms with van der Waals surface area (Å²) in [4.78, 5) is 24.0. The Morgan fingerprint density at radius 2 is 1.91 bits per heavy atom. The number of carbonyl (C=O) groups excluding carboxylic acids is 1. The topological polar surface area (TPSA) is 60.2 Å². The number of imidazole rings is 1. The van der Waals surface area contributed by atoms with Gasteiger partial charge in [0.1, 0.15) is 11.6 Å².